The highest BCUT2D eigenvalue weighted by molar-refractivity contribution is 8.25. The van der Waals surface area contributed by atoms with Gasteiger partial charge in [-0.05, 0) is 6.07 Å². The molecule has 2 rings (SSSR count). The Balaban J connectivity index is 2.09. The number of carbonyl (C=O) groups excluding carboxylic acids is 3. The molecule has 0 bridgehead atoms. The highest BCUT2D eigenvalue weighted by Gasteiger charge is 2.38. The fourth-order valence-electron chi connectivity index (χ4n) is 1.54. The van der Waals surface area contributed by atoms with Gasteiger partial charge in [-0.2, -0.15) is 0 Å². The van der Waals surface area contributed by atoms with Gasteiger partial charge in [-0.1, -0.05) is 30.0 Å². The van der Waals surface area contributed by atoms with Crippen molar-refractivity contribution in [2.75, 3.05) is 5.32 Å². The van der Waals surface area contributed by atoms with Crippen molar-refractivity contribution in [1.82, 2.24) is 5.32 Å². The quantitative estimate of drug-likeness (QED) is 0.274. The van der Waals surface area contributed by atoms with E-state index in [4.69, 9.17) is 12.2 Å². The summed E-state index contributed by atoms with van der Waals surface area (Å²) in [5, 5.41) is 13.9. The molecule has 0 aliphatic carbocycles. The number of ketones is 1. The zero-order chi connectivity index (χ0) is 15.6. The van der Waals surface area contributed by atoms with Crippen molar-refractivity contribution in [2.24, 2.45) is 0 Å². The van der Waals surface area contributed by atoms with Crippen molar-refractivity contribution in [1.29, 1.82) is 0 Å². The monoisotopic (exact) mass is 325 g/mol. The van der Waals surface area contributed by atoms with Crippen LogP contribution in [0, 0.1) is 10.1 Å². The number of anilines is 1. The summed E-state index contributed by atoms with van der Waals surface area (Å²) in [7, 11) is 0. The molecule has 1 atom stereocenters. The lowest BCUT2D eigenvalue weighted by Gasteiger charge is -2.06. The molecule has 1 saturated heterocycles. The van der Waals surface area contributed by atoms with Crippen molar-refractivity contribution in [3.05, 3.63) is 34.4 Å². The SMILES string of the molecule is O=C(Nc1cccc([N+](=O)[O-])c1)C(=O)C1SC(=S)NC1=O. The van der Waals surface area contributed by atoms with Gasteiger partial charge in [-0.15, -0.1) is 0 Å². The van der Waals surface area contributed by atoms with Crippen molar-refractivity contribution in [3.8, 4) is 0 Å². The van der Waals surface area contributed by atoms with Gasteiger partial charge in [0.15, 0.2) is 5.25 Å². The molecule has 1 heterocycles. The molecule has 2 N–H and O–H groups in total. The molecule has 8 nitrogen and oxygen atoms in total. The highest BCUT2D eigenvalue weighted by atomic mass is 32.2. The molecule has 1 aliphatic rings. The molecule has 1 aliphatic heterocycles. The van der Waals surface area contributed by atoms with E-state index in [1.807, 2.05) is 0 Å². The molecule has 0 spiro atoms. The van der Waals surface area contributed by atoms with Gasteiger partial charge in [-0.25, -0.2) is 0 Å². The summed E-state index contributed by atoms with van der Waals surface area (Å²) in [5.74, 6) is -2.65. The van der Waals surface area contributed by atoms with Gasteiger partial charge in [0.1, 0.15) is 4.32 Å². The number of amides is 2. The van der Waals surface area contributed by atoms with Crippen LogP contribution < -0.4 is 10.6 Å². The first-order valence-electron chi connectivity index (χ1n) is 5.49. The molecule has 2 amide bonds. The largest absolute Gasteiger partial charge is 0.319 e. The molecule has 1 fully saturated rings. The first-order chi connectivity index (χ1) is 9.88. The topological polar surface area (TPSA) is 118 Å². The molecule has 1 unspecified atom stereocenters. The van der Waals surface area contributed by atoms with Crippen LogP contribution in [0.2, 0.25) is 0 Å². The lowest BCUT2D eigenvalue weighted by molar-refractivity contribution is -0.384. The van der Waals surface area contributed by atoms with Crippen molar-refractivity contribution < 1.29 is 19.3 Å². The maximum atomic E-state index is 11.8. The summed E-state index contributed by atoms with van der Waals surface area (Å²) in [4.78, 5) is 45.0. The maximum absolute atomic E-state index is 11.8. The van der Waals surface area contributed by atoms with Gasteiger partial charge < -0.3 is 10.6 Å². The van der Waals surface area contributed by atoms with E-state index in [0.29, 0.717) is 0 Å². The third-order valence-corrected chi connectivity index (χ3v) is 3.84. The highest BCUT2D eigenvalue weighted by Crippen LogP contribution is 2.21. The number of Topliss-reactive ketones (excluding diaryl/α,β-unsaturated/α-hetero) is 1. The van der Waals surface area contributed by atoms with Crippen LogP contribution >= 0.6 is 24.0 Å². The summed E-state index contributed by atoms with van der Waals surface area (Å²) in [6.07, 6.45) is 0. The van der Waals surface area contributed by atoms with E-state index in [9.17, 15) is 24.5 Å². The van der Waals surface area contributed by atoms with E-state index < -0.39 is 27.8 Å². The number of nitrogens with one attached hydrogen (secondary N) is 2. The van der Waals surface area contributed by atoms with Crippen LogP contribution in [0.1, 0.15) is 0 Å². The first kappa shape index (κ1) is 15.1. The number of hydrogen-bond donors (Lipinski definition) is 2. The number of nitro benzene ring substituents is 1. The van der Waals surface area contributed by atoms with E-state index in [0.717, 1.165) is 17.8 Å². The predicted molar refractivity (Wildman–Crippen MR) is 78.9 cm³/mol. The predicted octanol–water partition coefficient (Wildman–Crippen LogP) is 0.619. The van der Waals surface area contributed by atoms with Crippen molar-refractivity contribution in [3.63, 3.8) is 0 Å². The molecule has 21 heavy (non-hydrogen) atoms. The summed E-state index contributed by atoms with van der Waals surface area (Å²) in [6.45, 7) is 0. The normalized spacial score (nSPS) is 17.2. The summed E-state index contributed by atoms with van der Waals surface area (Å²) in [6, 6.07) is 5.11. The first-order valence-corrected chi connectivity index (χ1v) is 6.78. The van der Waals surface area contributed by atoms with Crippen LogP contribution in [0.25, 0.3) is 0 Å². The molecular formula is C11H7N3O5S2. The minimum atomic E-state index is -1.23. The number of thiocarbonyl (C=S) groups is 1. The lowest BCUT2D eigenvalue weighted by Crippen LogP contribution is -2.37. The van der Waals surface area contributed by atoms with Crippen LogP contribution in [0.15, 0.2) is 24.3 Å². The van der Waals surface area contributed by atoms with E-state index in [1.54, 1.807) is 0 Å². The number of hydrogen-bond acceptors (Lipinski definition) is 7. The van der Waals surface area contributed by atoms with Gasteiger partial charge >= 0.3 is 0 Å². The fourth-order valence-corrected chi connectivity index (χ4v) is 2.68. The number of carbonyl (C=O) groups is 3. The lowest BCUT2D eigenvalue weighted by atomic mass is 10.2. The average molecular weight is 325 g/mol. The Hall–Kier alpha value is -2.33. The van der Waals surface area contributed by atoms with Gasteiger partial charge in [0, 0.05) is 17.8 Å². The van der Waals surface area contributed by atoms with E-state index in [2.05, 4.69) is 10.6 Å². The number of thioether (sulfide) groups is 1. The molecule has 0 saturated carbocycles. The van der Waals surface area contributed by atoms with Crippen LogP contribution in [-0.4, -0.2) is 32.1 Å². The number of nitrogens with zero attached hydrogens (tertiary/aromatic N) is 1. The van der Waals surface area contributed by atoms with Gasteiger partial charge in [-0.3, -0.25) is 24.5 Å². The Bertz CT molecular complexity index is 676. The average Bonchev–Trinajstić information content (AvgIpc) is 2.77. The van der Waals surface area contributed by atoms with Crippen molar-refractivity contribution >= 4 is 57.3 Å². The third kappa shape index (κ3) is 3.41. The number of rotatable bonds is 4. The van der Waals surface area contributed by atoms with Gasteiger partial charge in [0.2, 0.25) is 11.7 Å². The minimum absolute atomic E-state index is 0.0912. The zero-order valence-electron chi connectivity index (χ0n) is 10.2. The molecule has 10 heteroatoms. The van der Waals surface area contributed by atoms with E-state index in [1.165, 1.54) is 18.2 Å². The van der Waals surface area contributed by atoms with Crippen LogP contribution in [0.4, 0.5) is 11.4 Å². The van der Waals surface area contributed by atoms with Gasteiger partial charge in [0.25, 0.3) is 11.6 Å². The third-order valence-electron chi connectivity index (χ3n) is 2.47. The Morgan fingerprint density at radius 3 is 2.71 bits per heavy atom. The number of nitro groups is 1. The van der Waals surface area contributed by atoms with Crippen molar-refractivity contribution in [2.45, 2.75) is 5.25 Å². The van der Waals surface area contributed by atoms with Crippen LogP contribution in [-0.2, 0) is 14.4 Å². The number of non-ortho nitro benzene ring substituents is 1. The number of benzene rings is 1. The molecule has 0 radical (unpaired) electrons. The smallest absolute Gasteiger partial charge is 0.293 e. The van der Waals surface area contributed by atoms with Crippen LogP contribution in [0.3, 0.4) is 0 Å². The molecule has 1 aromatic carbocycles. The molecule has 1 aromatic rings. The Morgan fingerprint density at radius 2 is 2.14 bits per heavy atom. The maximum Gasteiger partial charge on any atom is 0.293 e. The summed E-state index contributed by atoms with van der Waals surface area (Å²) >= 11 is 5.51. The second kappa shape index (κ2) is 5.97. The minimum Gasteiger partial charge on any atom is -0.319 e. The van der Waals surface area contributed by atoms with Crippen LogP contribution in [0.5, 0.6) is 0 Å². The Morgan fingerprint density at radius 1 is 1.43 bits per heavy atom. The summed E-state index contributed by atoms with van der Waals surface area (Å²) < 4.78 is 0.126. The fraction of sp³-hybridized carbons (Fsp3) is 0.0909. The Kier molecular flexibility index (Phi) is 4.29. The standard InChI is InChI=1S/C11H7N3O5S2/c15-7(8-10(17)13-11(20)21-8)9(16)12-5-2-1-3-6(4-5)14(18)19/h1-4,8H,(H,12,16)(H,13,17,20). The van der Waals surface area contributed by atoms with Gasteiger partial charge in [0.05, 0.1) is 4.92 Å². The van der Waals surface area contributed by atoms with E-state index >= 15 is 0 Å². The Labute approximate surface area is 127 Å². The summed E-state index contributed by atoms with van der Waals surface area (Å²) in [5.41, 5.74) is -0.136. The second-order valence-corrected chi connectivity index (χ2v) is 5.68. The molecule has 108 valence electrons. The zero-order valence-corrected chi connectivity index (χ0v) is 11.8. The second-order valence-electron chi connectivity index (χ2n) is 3.90. The molecule has 0 aromatic heterocycles. The van der Waals surface area contributed by atoms with E-state index in [-0.39, 0.29) is 15.7 Å². The molecular weight excluding hydrogens is 318 g/mol.